The van der Waals surface area contributed by atoms with Crippen molar-refractivity contribution in [3.05, 3.63) is 240 Å². The first kappa shape index (κ1) is 34.1. The van der Waals surface area contributed by atoms with Crippen LogP contribution in [-0.4, -0.2) is 0 Å². The van der Waals surface area contributed by atoms with E-state index in [1.165, 1.54) is 71.6 Å². The minimum Gasteiger partial charge on any atom is -0.457 e. The van der Waals surface area contributed by atoms with E-state index >= 15 is 0 Å². The number of benzene rings is 10. The van der Waals surface area contributed by atoms with Crippen LogP contribution in [0.15, 0.2) is 212 Å². The first-order chi connectivity index (χ1) is 29.7. The molecule has 10 aromatic carbocycles. The molecule has 0 N–H and O–H groups in total. The van der Waals surface area contributed by atoms with Crippen molar-refractivity contribution in [2.24, 2.45) is 0 Å². The SMILES string of the molecule is N#Cc1ccc2c(c1)C1(c3ccccc3Oc3ccc(-c4c5ccccc5c(-c5cc(-c6ccccc6)cc(-c6ccccc6)c5)c5ccccc45)cc31)c1ccccc1-2. The molecule has 278 valence electrons. The molecule has 0 radical (unpaired) electrons. The van der Waals surface area contributed by atoms with Gasteiger partial charge >= 0.3 is 0 Å². The average Bonchev–Trinajstić information content (AvgIpc) is 3.61. The maximum atomic E-state index is 10.2. The molecule has 0 fully saturated rings. The number of ether oxygens (including phenoxy) is 1. The number of hydrogen-bond acceptors (Lipinski definition) is 2. The number of para-hydroxylation sites is 1. The highest BCUT2D eigenvalue weighted by molar-refractivity contribution is 6.21. The third kappa shape index (κ3) is 4.94. The van der Waals surface area contributed by atoms with Crippen molar-refractivity contribution >= 4 is 21.5 Å². The molecular weight excluding hydrogens is 727 g/mol. The Morgan fingerprint density at radius 2 is 0.833 bits per heavy atom. The first-order valence-corrected chi connectivity index (χ1v) is 20.5. The topological polar surface area (TPSA) is 33.0 Å². The van der Waals surface area contributed by atoms with Gasteiger partial charge in [-0.1, -0.05) is 164 Å². The van der Waals surface area contributed by atoms with Crippen molar-refractivity contribution in [1.82, 2.24) is 0 Å². The van der Waals surface area contributed by atoms with Gasteiger partial charge in [-0.25, -0.2) is 0 Å². The van der Waals surface area contributed by atoms with E-state index in [0.717, 1.165) is 39.3 Å². The molecule has 10 aromatic rings. The van der Waals surface area contributed by atoms with Crippen LogP contribution in [0, 0.1) is 11.3 Å². The Labute approximate surface area is 348 Å². The molecule has 2 heteroatoms. The Balaban J connectivity index is 1.15. The normalized spacial score (nSPS) is 14.5. The molecule has 1 aliphatic carbocycles. The quantitative estimate of drug-likeness (QED) is 0.167. The van der Waals surface area contributed by atoms with Crippen molar-refractivity contribution in [3.63, 3.8) is 0 Å². The summed E-state index contributed by atoms with van der Waals surface area (Å²) in [6.07, 6.45) is 0. The van der Waals surface area contributed by atoms with Gasteiger partial charge in [-0.3, -0.25) is 0 Å². The smallest absolute Gasteiger partial charge is 0.132 e. The van der Waals surface area contributed by atoms with Gasteiger partial charge < -0.3 is 4.74 Å². The van der Waals surface area contributed by atoms with E-state index in [4.69, 9.17) is 4.74 Å². The predicted molar refractivity (Wildman–Crippen MR) is 245 cm³/mol. The zero-order valence-electron chi connectivity index (χ0n) is 32.6. The van der Waals surface area contributed by atoms with Gasteiger partial charge in [0.1, 0.15) is 11.5 Å². The molecule has 1 aliphatic heterocycles. The fourth-order valence-electron chi connectivity index (χ4n) is 10.2. The lowest BCUT2D eigenvalue weighted by Gasteiger charge is -2.39. The number of hydrogen-bond donors (Lipinski definition) is 0. The van der Waals surface area contributed by atoms with Gasteiger partial charge in [0.2, 0.25) is 0 Å². The van der Waals surface area contributed by atoms with E-state index in [-0.39, 0.29) is 0 Å². The highest BCUT2D eigenvalue weighted by atomic mass is 16.5. The van der Waals surface area contributed by atoms with Gasteiger partial charge in [-0.05, 0) is 137 Å². The highest BCUT2D eigenvalue weighted by Crippen LogP contribution is 2.62. The molecule has 60 heavy (non-hydrogen) atoms. The second-order valence-electron chi connectivity index (χ2n) is 15.8. The fourth-order valence-corrected chi connectivity index (χ4v) is 10.2. The molecule has 0 saturated carbocycles. The Hall–Kier alpha value is -7.99. The molecule has 2 nitrogen and oxygen atoms in total. The van der Waals surface area contributed by atoms with Crippen molar-refractivity contribution < 1.29 is 4.74 Å². The summed E-state index contributed by atoms with van der Waals surface area (Å²) in [5, 5.41) is 15.0. The monoisotopic (exact) mass is 761 g/mol. The minimum absolute atomic E-state index is 0.641. The molecule has 0 amide bonds. The van der Waals surface area contributed by atoms with Gasteiger partial charge in [-0.2, -0.15) is 5.26 Å². The van der Waals surface area contributed by atoms with E-state index in [9.17, 15) is 5.26 Å². The summed E-state index contributed by atoms with van der Waals surface area (Å²) in [7, 11) is 0. The van der Waals surface area contributed by atoms with E-state index in [1.54, 1.807) is 0 Å². The molecule has 0 bridgehead atoms. The Bertz CT molecular complexity index is 3300. The fraction of sp³-hybridized carbons (Fsp3) is 0.0172. The molecule has 0 saturated heterocycles. The summed E-state index contributed by atoms with van der Waals surface area (Å²) >= 11 is 0. The maximum Gasteiger partial charge on any atom is 0.132 e. The molecular formula is C58H35NO. The molecule has 2 aliphatic rings. The summed E-state index contributed by atoms with van der Waals surface area (Å²) in [4.78, 5) is 0. The van der Waals surface area contributed by atoms with Crippen LogP contribution in [0.1, 0.15) is 27.8 Å². The van der Waals surface area contributed by atoms with Crippen LogP contribution in [0.4, 0.5) is 0 Å². The third-order valence-corrected chi connectivity index (χ3v) is 12.7. The molecule has 1 heterocycles. The van der Waals surface area contributed by atoms with Crippen LogP contribution in [0.2, 0.25) is 0 Å². The van der Waals surface area contributed by atoms with Crippen LogP contribution < -0.4 is 4.74 Å². The summed E-state index contributed by atoms with van der Waals surface area (Å²) < 4.78 is 6.82. The van der Waals surface area contributed by atoms with Crippen molar-refractivity contribution in [2.45, 2.75) is 5.41 Å². The van der Waals surface area contributed by atoms with Crippen molar-refractivity contribution in [3.8, 4) is 73.2 Å². The number of fused-ring (bicyclic) bond motifs is 11. The Morgan fingerprint density at radius 3 is 1.47 bits per heavy atom. The van der Waals surface area contributed by atoms with Crippen LogP contribution in [0.25, 0.3) is 77.2 Å². The molecule has 1 atom stereocenters. The van der Waals surface area contributed by atoms with Crippen LogP contribution in [-0.2, 0) is 5.41 Å². The van der Waals surface area contributed by atoms with Gasteiger partial charge in [0.05, 0.1) is 17.0 Å². The van der Waals surface area contributed by atoms with Gasteiger partial charge in [-0.15, -0.1) is 0 Å². The van der Waals surface area contributed by atoms with Crippen LogP contribution in [0.5, 0.6) is 11.5 Å². The van der Waals surface area contributed by atoms with E-state index in [1.807, 2.05) is 12.1 Å². The van der Waals surface area contributed by atoms with Gasteiger partial charge in [0, 0.05) is 11.1 Å². The second kappa shape index (κ2) is 13.3. The molecule has 1 unspecified atom stereocenters. The average molecular weight is 762 g/mol. The Morgan fingerprint density at radius 1 is 0.333 bits per heavy atom. The van der Waals surface area contributed by atoms with E-state index in [2.05, 4.69) is 206 Å². The zero-order valence-corrected chi connectivity index (χ0v) is 32.6. The van der Waals surface area contributed by atoms with Gasteiger partial charge in [0.15, 0.2) is 0 Å². The molecule has 12 rings (SSSR count). The third-order valence-electron chi connectivity index (χ3n) is 12.7. The van der Waals surface area contributed by atoms with Crippen LogP contribution >= 0.6 is 0 Å². The second-order valence-corrected chi connectivity index (χ2v) is 15.8. The first-order valence-electron chi connectivity index (χ1n) is 20.5. The number of nitriles is 1. The lowest BCUT2D eigenvalue weighted by atomic mass is 9.65. The summed E-state index contributed by atoms with van der Waals surface area (Å²) in [5.41, 5.74) is 16.1. The largest absolute Gasteiger partial charge is 0.457 e. The van der Waals surface area contributed by atoms with Gasteiger partial charge in [0.25, 0.3) is 0 Å². The molecule has 1 spiro atoms. The summed E-state index contributed by atoms with van der Waals surface area (Å²) in [6, 6.07) is 78.7. The maximum absolute atomic E-state index is 10.2. The number of nitrogens with zero attached hydrogens (tertiary/aromatic N) is 1. The van der Waals surface area contributed by atoms with Crippen molar-refractivity contribution in [2.75, 3.05) is 0 Å². The zero-order chi connectivity index (χ0) is 39.8. The minimum atomic E-state index is -0.698. The highest BCUT2D eigenvalue weighted by Gasteiger charge is 2.51. The standard InChI is InChI=1S/C58H35NO/c59-36-37-27-29-45-44-19-11-12-24-50(44)58(52(45)31-37)51-25-13-14-26-54(51)60-55-30-28-40(35-53(55)58)56-46-20-7-9-22-48(46)57(49-23-10-8-21-47(49)56)43-33-41(38-15-3-1-4-16-38)32-42(34-43)39-17-5-2-6-18-39/h1-35H. The number of rotatable bonds is 4. The predicted octanol–water partition coefficient (Wildman–Crippen LogP) is 15.0. The summed E-state index contributed by atoms with van der Waals surface area (Å²) in [5.74, 6) is 1.65. The lowest BCUT2D eigenvalue weighted by molar-refractivity contribution is 0.436. The van der Waals surface area contributed by atoms with Crippen molar-refractivity contribution in [1.29, 1.82) is 5.26 Å². The van der Waals surface area contributed by atoms with E-state index < -0.39 is 5.41 Å². The summed E-state index contributed by atoms with van der Waals surface area (Å²) in [6.45, 7) is 0. The van der Waals surface area contributed by atoms with Crippen LogP contribution in [0.3, 0.4) is 0 Å². The molecule has 0 aromatic heterocycles. The lowest BCUT2D eigenvalue weighted by Crippen LogP contribution is -2.32. The van der Waals surface area contributed by atoms with E-state index in [0.29, 0.717) is 5.56 Å². The Kier molecular flexibility index (Phi) is 7.54.